The first-order valence-electron chi connectivity index (χ1n) is 24.8. The highest BCUT2D eigenvalue weighted by molar-refractivity contribution is 6.31. The summed E-state index contributed by atoms with van der Waals surface area (Å²) in [5.74, 6) is 1.47. The van der Waals surface area contributed by atoms with Crippen molar-refractivity contribution in [3.63, 3.8) is 0 Å². The highest BCUT2D eigenvalue weighted by Gasteiger charge is 2.29. The van der Waals surface area contributed by atoms with Crippen molar-refractivity contribution in [2.75, 3.05) is 51.0 Å². The van der Waals surface area contributed by atoms with Gasteiger partial charge in [0.2, 0.25) is 17.4 Å². The van der Waals surface area contributed by atoms with Crippen molar-refractivity contribution in [2.24, 2.45) is 0 Å². The van der Waals surface area contributed by atoms with Crippen LogP contribution >= 0.6 is 23.2 Å². The molecule has 0 aliphatic rings. The molecule has 0 atom stereocenters. The fourth-order valence-electron chi connectivity index (χ4n) is 7.97. The lowest BCUT2D eigenvalue weighted by Gasteiger charge is -2.12. The van der Waals surface area contributed by atoms with Gasteiger partial charge in [-0.1, -0.05) is 82.9 Å². The number of nitrogens with one attached hydrogen (secondary N) is 5. The van der Waals surface area contributed by atoms with Crippen molar-refractivity contribution in [1.29, 1.82) is 5.26 Å². The van der Waals surface area contributed by atoms with Crippen LogP contribution in [0.4, 0.5) is 11.6 Å². The zero-order chi connectivity index (χ0) is 55.8. The number of carbonyl (C=O) groups excluding carboxylic acids is 4. The Hall–Kier alpha value is -9.64. The number of aromatic amines is 1. The Morgan fingerprint density at radius 3 is 1.41 bits per heavy atom. The van der Waals surface area contributed by atoms with E-state index < -0.39 is 0 Å². The molecule has 0 bridgehead atoms. The van der Waals surface area contributed by atoms with Crippen molar-refractivity contribution < 1.29 is 28.7 Å². The van der Waals surface area contributed by atoms with Gasteiger partial charge in [-0.25, -0.2) is 9.36 Å². The van der Waals surface area contributed by atoms with E-state index in [1.165, 1.54) is 4.68 Å². The van der Waals surface area contributed by atoms with Crippen LogP contribution in [-0.4, -0.2) is 104 Å². The molecule has 19 nitrogen and oxygen atoms in total. The third-order valence-corrected chi connectivity index (χ3v) is 12.7. The fraction of sp³-hybridized carbons (Fsp3) is 0.172. The molecule has 0 saturated carbocycles. The van der Waals surface area contributed by atoms with Gasteiger partial charge >= 0.3 is 0 Å². The van der Waals surface area contributed by atoms with Crippen LogP contribution < -0.4 is 30.7 Å². The smallest absolute Gasteiger partial charge is 0.251 e. The number of aryl methyl sites for hydroxylation is 2. The molecule has 0 aliphatic heterocycles. The summed E-state index contributed by atoms with van der Waals surface area (Å²) in [5, 5.41) is 47.2. The van der Waals surface area contributed by atoms with E-state index in [0.29, 0.717) is 111 Å². The number of amides is 2. The van der Waals surface area contributed by atoms with Gasteiger partial charge in [-0.3, -0.25) is 19.2 Å². The lowest BCUT2D eigenvalue weighted by Crippen LogP contribution is -2.26. The minimum atomic E-state index is -0.343. The highest BCUT2D eigenvalue weighted by Crippen LogP contribution is 2.34. The second-order valence-corrected chi connectivity index (χ2v) is 18.6. The third kappa shape index (κ3) is 13.9. The van der Waals surface area contributed by atoms with Gasteiger partial charge in [0.1, 0.15) is 40.5 Å². The number of rotatable bonds is 21. The van der Waals surface area contributed by atoms with Crippen LogP contribution in [0.15, 0.2) is 146 Å². The predicted molar refractivity (Wildman–Crippen MR) is 301 cm³/mol. The Labute approximate surface area is 464 Å². The minimum Gasteiger partial charge on any atom is -0.497 e. The number of hydrogen-bond donors (Lipinski definition) is 5. The number of nitrogens with zero attached hydrogens (tertiary/aromatic N) is 8. The van der Waals surface area contributed by atoms with Crippen LogP contribution in [0.25, 0.3) is 22.8 Å². The maximum atomic E-state index is 13.7. The van der Waals surface area contributed by atoms with Gasteiger partial charge in [0, 0.05) is 58.5 Å². The molecule has 9 rings (SSSR count). The molecule has 3 heterocycles. The van der Waals surface area contributed by atoms with Crippen molar-refractivity contribution in [1.82, 2.24) is 50.8 Å². The van der Waals surface area contributed by atoms with Crippen molar-refractivity contribution in [3.8, 4) is 40.3 Å². The molecular formula is C58H53Cl2N13O6. The Balaban J connectivity index is 0.000000209. The van der Waals surface area contributed by atoms with Gasteiger partial charge in [0.25, 0.3) is 11.8 Å². The number of nitriles is 1. The largest absolute Gasteiger partial charge is 0.497 e. The summed E-state index contributed by atoms with van der Waals surface area (Å²) in [6.07, 6.45) is 1.15. The molecule has 400 valence electrons. The van der Waals surface area contributed by atoms with E-state index in [4.69, 9.17) is 37.8 Å². The number of aromatic nitrogens is 8. The molecule has 0 radical (unpaired) electrons. The number of hydrogen-bond acceptors (Lipinski definition) is 14. The molecule has 2 amide bonds. The monoisotopic (exact) mass is 1100 g/mol. The zero-order valence-corrected chi connectivity index (χ0v) is 44.9. The van der Waals surface area contributed by atoms with Crippen LogP contribution in [-0.2, 0) is 0 Å². The van der Waals surface area contributed by atoms with Crippen LogP contribution in [0.5, 0.6) is 11.5 Å². The summed E-state index contributed by atoms with van der Waals surface area (Å²) < 4.78 is 13.4. The van der Waals surface area contributed by atoms with E-state index in [9.17, 15) is 24.4 Å². The number of ether oxygens (including phenoxy) is 2. The summed E-state index contributed by atoms with van der Waals surface area (Å²) in [7, 11) is 3.15. The second-order valence-electron chi connectivity index (χ2n) is 17.7. The van der Waals surface area contributed by atoms with Gasteiger partial charge in [-0.15, -0.1) is 10.2 Å². The van der Waals surface area contributed by atoms with E-state index in [1.54, 1.807) is 140 Å². The molecule has 6 aromatic carbocycles. The van der Waals surface area contributed by atoms with Gasteiger partial charge in [0.05, 0.1) is 31.2 Å². The van der Waals surface area contributed by atoms with E-state index in [0.717, 1.165) is 11.1 Å². The molecule has 0 fully saturated rings. The first-order valence-corrected chi connectivity index (χ1v) is 25.6. The van der Waals surface area contributed by atoms with Crippen molar-refractivity contribution in [2.45, 2.75) is 26.7 Å². The van der Waals surface area contributed by atoms with Gasteiger partial charge in [-0.05, 0) is 129 Å². The van der Waals surface area contributed by atoms with Crippen LogP contribution in [0.3, 0.4) is 0 Å². The average molecular weight is 1100 g/mol. The van der Waals surface area contributed by atoms with E-state index in [-0.39, 0.29) is 46.2 Å². The molecule has 0 unspecified atom stereocenters. The number of H-pyrrole nitrogens is 1. The molecule has 79 heavy (non-hydrogen) atoms. The summed E-state index contributed by atoms with van der Waals surface area (Å²) in [6, 6.07) is 44.3. The molecular weight excluding hydrogens is 1050 g/mol. The SMILES string of the molecule is COc1ccc(C(=O)NCCCNc2c(-c3nn[nH]n3)c(C(=O)c3ccc(C)cc3)nn2-c2ccc(Cl)cc2)cc1.COc1ccc(C(=O)NCCCNc2c(C#N)c(C(=O)c3ccc(C)cc3)nn2-c2ccc(Cl)cc2)cc1. The predicted octanol–water partition coefficient (Wildman–Crippen LogP) is 9.66. The number of ketones is 2. The lowest BCUT2D eigenvalue weighted by molar-refractivity contribution is 0.0945. The Morgan fingerprint density at radius 2 is 0.975 bits per heavy atom. The van der Waals surface area contributed by atoms with Crippen LogP contribution in [0, 0.1) is 25.2 Å². The standard InChI is InChI=1S/C29H27ClN8O3.C29H26ClN5O3/c1-18-4-6-19(7-5-18)26(39)25-24(27-33-36-37-34-27)28(38(35-25)22-12-10-21(30)11-13-22)31-16-3-17-32-29(40)20-8-14-23(41-2)15-9-20;1-19-4-6-20(7-5-19)27(36)26-25(18-31)28(35(34-26)23-12-10-22(30)11-13-23)32-16-3-17-33-29(37)21-8-14-24(38-2)15-9-21/h4-15,31H,3,16-17H2,1-2H3,(H,32,40)(H,33,34,36,37);4-15,32H,3,16-17H2,1-2H3,(H,33,37). The molecule has 0 aliphatic carbocycles. The van der Waals surface area contributed by atoms with Crippen LogP contribution in [0.1, 0.15) is 82.4 Å². The summed E-state index contributed by atoms with van der Waals surface area (Å²) in [6.45, 7) is 5.59. The number of anilines is 2. The normalized spacial score (nSPS) is 10.6. The maximum absolute atomic E-state index is 13.7. The number of halogens is 2. The van der Waals surface area contributed by atoms with Crippen LogP contribution in [0.2, 0.25) is 10.0 Å². The number of benzene rings is 6. The second kappa shape index (κ2) is 26.4. The number of methoxy groups -OCH3 is 2. The van der Waals surface area contributed by atoms with E-state index >= 15 is 0 Å². The summed E-state index contributed by atoms with van der Waals surface area (Å²) in [5.41, 5.74) is 6.15. The zero-order valence-electron chi connectivity index (χ0n) is 43.4. The molecule has 3 aromatic heterocycles. The number of carbonyl (C=O) groups is 4. The van der Waals surface area contributed by atoms with E-state index in [2.05, 4.69) is 53.1 Å². The molecule has 0 spiro atoms. The Kier molecular flexibility index (Phi) is 18.6. The molecule has 21 heteroatoms. The van der Waals surface area contributed by atoms with Gasteiger partial charge in [0.15, 0.2) is 5.69 Å². The minimum absolute atomic E-state index is 0.0570. The summed E-state index contributed by atoms with van der Waals surface area (Å²) >= 11 is 12.2. The highest BCUT2D eigenvalue weighted by atomic mass is 35.5. The van der Waals surface area contributed by atoms with E-state index in [1.807, 2.05) is 38.1 Å². The van der Waals surface area contributed by atoms with Crippen molar-refractivity contribution >= 4 is 58.2 Å². The Morgan fingerprint density at radius 1 is 0.557 bits per heavy atom. The third-order valence-electron chi connectivity index (χ3n) is 12.2. The quantitative estimate of drug-likeness (QED) is 0.0332. The Bertz CT molecular complexity index is 3580. The molecule has 0 saturated heterocycles. The fourth-order valence-corrected chi connectivity index (χ4v) is 8.22. The molecule has 9 aromatic rings. The summed E-state index contributed by atoms with van der Waals surface area (Å²) in [4.78, 5) is 51.9. The van der Waals surface area contributed by atoms with Crippen molar-refractivity contribution in [3.05, 3.63) is 206 Å². The molecule has 5 N–H and O–H groups in total. The van der Waals surface area contributed by atoms with Gasteiger partial charge < -0.3 is 30.7 Å². The first kappa shape index (κ1) is 55.6. The average Bonchev–Trinajstić information content (AvgIpc) is 4.39. The topological polar surface area (TPSA) is 249 Å². The first-order chi connectivity index (χ1) is 38.3. The maximum Gasteiger partial charge on any atom is 0.251 e. The number of tetrazole rings is 1. The van der Waals surface area contributed by atoms with Gasteiger partial charge in [-0.2, -0.15) is 20.7 Å². The lowest BCUT2D eigenvalue weighted by atomic mass is 10.0.